The summed E-state index contributed by atoms with van der Waals surface area (Å²) < 4.78 is 19.1. The van der Waals surface area contributed by atoms with Gasteiger partial charge in [0.05, 0.1) is 29.5 Å². The average Bonchev–Trinajstić information content (AvgIpc) is 3.30. The Morgan fingerprint density at radius 3 is 2.84 bits per heavy atom. The Morgan fingerprint density at radius 2 is 2.00 bits per heavy atom. The molecule has 0 amide bonds. The highest BCUT2D eigenvalue weighted by atomic mass is 19.1. The Labute approximate surface area is 177 Å². The molecular weight excluding hydrogens is 397 g/mol. The summed E-state index contributed by atoms with van der Waals surface area (Å²) in [6.07, 6.45) is 7.84. The van der Waals surface area contributed by atoms with Crippen LogP contribution in [0.2, 0.25) is 0 Å². The van der Waals surface area contributed by atoms with Gasteiger partial charge in [0.25, 0.3) is 0 Å². The number of oxazole rings is 1. The van der Waals surface area contributed by atoms with Crippen LogP contribution in [0.1, 0.15) is 40.8 Å². The van der Waals surface area contributed by atoms with Crippen LogP contribution in [-0.4, -0.2) is 38.8 Å². The summed E-state index contributed by atoms with van der Waals surface area (Å²) in [7, 11) is 0. The van der Waals surface area contributed by atoms with Crippen LogP contribution in [0.4, 0.5) is 4.39 Å². The molecule has 0 bridgehead atoms. The monoisotopic (exact) mass is 417 g/mol. The van der Waals surface area contributed by atoms with Gasteiger partial charge in [-0.1, -0.05) is 0 Å². The van der Waals surface area contributed by atoms with Gasteiger partial charge in [-0.05, 0) is 50.2 Å². The Balaban J connectivity index is 1.36. The van der Waals surface area contributed by atoms with Crippen LogP contribution in [0.25, 0.3) is 22.2 Å². The zero-order valence-electron chi connectivity index (χ0n) is 16.7. The van der Waals surface area contributed by atoms with Gasteiger partial charge in [0.1, 0.15) is 17.8 Å². The van der Waals surface area contributed by atoms with Crippen molar-refractivity contribution in [1.29, 1.82) is 0 Å². The number of piperidine rings is 1. The summed E-state index contributed by atoms with van der Waals surface area (Å²) in [5.41, 5.74) is 2.78. The number of hydrogen-bond donors (Lipinski definition) is 1. The van der Waals surface area contributed by atoms with Crippen LogP contribution in [0, 0.1) is 5.82 Å². The molecule has 0 atom stereocenters. The van der Waals surface area contributed by atoms with Gasteiger partial charge in [-0.25, -0.2) is 14.4 Å². The SMILES string of the molecule is O=C(Cc1cc2nc(-c3cncc(F)c3)ccc2cn1)c1coc(C2CCNCC2)n1. The number of nitrogens with zero attached hydrogens (tertiary/aromatic N) is 4. The molecule has 31 heavy (non-hydrogen) atoms. The van der Waals surface area contributed by atoms with E-state index < -0.39 is 5.82 Å². The molecule has 0 aromatic carbocycles. The van der Waals surface area contributed by atoms with E-state index in [2.05, 4.69) is 25.3 Å². The highest BCUT2D eigenvalue weighted by Gasteiger charge is 2.22. The third-order valence-electron chi connectivity index (χ3n) is 5.47. The minimum atomic E-state index is -0.420. The zero-order chi connectivity index (χ0) is 21.2. The molecule has 0 unspecified atom stereocenters. The molecule has 5 rings (SSSR count). The fourth-order valence-electron chi connectivity index (χ4n) is 3.79. The van der Waals surface area contributed by atoms with Gasteiger partial charge in [0, 0.05) is 29.3 Å². The van der Waals surface area contributed by atoms with E-state index in [1.807, 2.05) is 6.07 Å². The summed E-state index contributed by atoms with van der Waals surface area (Å²) in [5.74, 6) is 0.311. The lowest BCUT2D eigenvalue weighted by Gasteiger charge is -2.19. The van der Waals surface area contributed by atoms with Gasteiger partial charge in [-0.3, -0.25) is 14.8 Å². The van der Waals surface area contributed by atoms with E-state index in [9.17, 15) is 9.18 Å². The number of fused-ring (bicyclic) bond motifs is 1. The topological polar surface area (TPSA) is 93.8 Å². The van der Waals surface area contributed by atoms with Gasteiger partial charge in [0.15, 0.2) is 11.7 Å². The average molecular weight is 417 g/mol. The molecule has 1 saturated heterocycles. The van der Waals surface area contributed by atoms with Crippen molar-refractivity contribution in [2.24, 2.45) is 0 Å². The van der Waals surface area contributed by atoms with Crippen molar-refractivity contribution in [3.05, 3.63) is 72.2 Å². The molecule has 0 radical (unpaired) electrons. The predicted octanol–water partition coefficient (Wildman–Crippen LogP) is 3.71. The second-order valence-electron chi connectivity index (χ2n) is 7.65. The first kappa shape index (κ1) is 19.4. The molecular formula is C23H20FN5O2. The maximum absolute atomic E-state index is 13.5. The van der Waals surface area contributed by atoms with Crippen LogP contribution in [0.3, 0.4) is 0 Å². The summed E-state index contributed by atoms with van der Waals surface area (Å²) in [6, 6.07) is 6.82. The fraction of sp³-hybridized carbons (Fsp3) is 0.261. The molecule has 1 aliphatic heterocycles. The number of rotatable bonds is 5. The number of carbonyl (C=O) groups excluding carboxylic acids is 1. The van der Waals surface area contributed by atoms with E-state index in [0.717, 1.165) is 37.5 Å². The first-order valence-corrected chi connectivity index (χ1v) is 10.2. The Morgan fingerprint density at radius 1 is 1.13 bits per heavy atom. The lowest BCUT2D eigenvalue weighted by atomic mass is 9.98. The molecule has 1 fully saturated rings. The number of ketones is 1. The van der Waals surface area contributed by atoms with Gasteiger partial charge in [-0.15, -0.1) is 0 Å². The molecule has 7 nitrogen and oxygen atoms in total. The second-order valence-corrected chi connectivity index (χ2v) is 7.65. The molecule has 8 heteroatoms. The summed E-state index contributed by atoms with van der Waals surface area (Å²) in [5, 5.41) is 4.14. The van der Waals surface area contributed by atoms with Crippen LogP contribution >= 0.6 is 0 Å². The van der Waals surface area contributed by atoms with Gasteiger partial charge < -0.3 is 9.73 Å². The van der Waals surface area contributed by atoms with Crippen molar-refractivity contribution in [2.75, 3.05) is 13.1 Å². The number of halogens is 1. The van der Waals surface area contributed by atoms with Crippen molar-refractivity contribution in [3.63, 3.8) is 0 Å². The summed E-state index contributed by atoms with van der Waals surface area (Å²) in [4.78, 5) is 30.0. The smallest absolute Gasteiger partial charge is 0.197 e. The third kappa shape index (κ3) is 4.20. The minimum absolute atomic E-state index is 0.0988. The van der Waals surface area contributed by atoms with Crippen LogP contribution in [0.5, 0.6) is 0 Å². The largest absolute Gasteiger partial charge is 0.448 e. The Kier molecular flexibility index (Phi) is 5.21. The van der Waals surface area contributed by atoms with Gasteiger partial charge >= 0.3 is 0 Å². The quantitative estimate of drug-likeness (QED) is 0.495. The molecule has 0 spiro atoms. The molecule has 0 saturated carbocycles. The first-order chi connectivity index (χ1) is 15.2. The van der Waals surface area contributed by atoms with E-state index in [-0.39, 0.29) is 18.1 Å². The van der Waals surface area contributed by atoms with Crippen LogP contribution in [0.15, 0.2) is 53.5 Å². The number of Topliss-reactive ketones (excluding diaryl/α,β-unsaturated/α-hetero) is 1. The lowest BCUT2D eigenvalue weighted by molar-refractivity contribution is 0.0987. The fourth-order valence-corrected chi connectivity index (χ4v) is 3.79. The lowest BCUT2D eigenvalue weighted by Crippen LogP contribution is -2.26. The van der Waals surface area contributed by atoms with Crippen molar-refractivity contribution in [2.45, 2.75) is 25.2 Å². The highest BCUT2D eigenvalue weighted by molar-refractivity contribution is 5.95. The molecule has 156 valence electrons. The van der Waals surface area contributed by atoms with E-state index >= 15 is 0 Å². The summed E-state index contributed by atoms with van der Waals surface area (Å²) >= 11 is 0. The van der Waals surface area contributed by atoms with Crippen LogP contribution < -0.4 is 5.32 Å². The summed E-state index contributed by atoms with van der Waals surface area (Å²) in [6.45, 7) is 1.86. The Bertz CT molecular complexity index is 1250. The number of carbonyl (C=O) groups is 1. The number of aromatic nitrogens is 4. The Hall–Kier alpha value is -3.52. The maximum Gasteiger partial charge on any atom is 0.197 e. The molecule has 0 aliphatic carbocycles. The molecule has 1 N–H and O–H groups in total. The van der Waals surface area contributed by atoms with Gasteiger partial charge in [0.2, 0.25) is 0 Å². The predicted molar refractivity (Wildman–Crippen MR) is 112 cm³/mol. The minimum Gasteiger partial charge on any atom is -0.448 e. The maximum atomic E-state index is 13.5. The molecule has 4 aromatic heterocycles. The number of hydrogen-bond acceptors (Lipinski definition) is 7. The number of nitrogens with one attached hydrogen (secondary N) is 1. The number of pyridine rings is 3. The van der Waals surface area contributed by atoms with Crippen LogP contribution in [-0.2, 0) is 6.42 Å². The van der Waals surface area contributed by atoms with E-state index in [4.69, 9.17) is 4.42 Å². The van der Waals surface area contributed by atoms with Crippen molar-refractivity contribution in [1.82, 2.24) is 25.3 Å². The van der Waals surface area contributed by atoms with E-state index in [1.165, 1.54) is 12.3 Å². The van der Waals surface area contributed by atoms with Crippen molar-refractivity contribution < 1.29 is 13.6 Å². The first-order valence-electron chi connectivity index (χ1n) is 10.2. The van der Waals surface area contributed by atoms with Gasteiger partial charge in [-0.2, -0.15) is 0 Å². The normalized spacial score (nSPS) is 14.7. The molecule has 1 aliphatic rings. The van der Waals surface area contributed by atoms with E-state index in [1.54, 1.807) is 24.5 Å². The standard InChI is InChI=1S/C23H20FN5O2/c24-17-7-16(10-26-12-17)19-2-1-15-11-27-18(8-20(15)28-19)9-22(30)21-13-31-23(29-21)14-3-5-25-6-4-14/h1-2,7-8,10-14,25H,3-6,9H2. The molecule has 4 aromatic rings. The van der Waals surface area contributed by atoms with E-state index in [0.29, 0.717) is 34.1 Å². The van der Waals surface area contributed by atoms with Crippen molar-refractivity contribution in [3.8, 4) is 11.3 Å². The molecule has 5 heterocycles. The van der Waals surface area contributed by atoms with Crippen molar-refractivity contribution >= 4 is 16.7 Å². The zero-order valence-corrected chi connectivity index (χ0v) is 16.7. The highest BCUT2D eigenvalue weighted by Crippen LogP contribution is 2.25. The second kappa shape index (κ2) is 8.31. The third-order valence-corrected chi connectivity index (χ3v) is 5.47.